The van der Waals surface area contributed by atoms with E-state index in [4.69, 9.17) is 13.9 Å². The van der Waals surface area contributed by atoms with Gasteiger partial charge in [0, 0.05) is 13.1 Å². The van der Waals surface area contributed by atoms with E-state index in [0.717, 1.165) is 11.8 Å². The molecule has 162 valence electrons. The maximum Gasteiger partial charge on any atom is 0.309 e. The summed E-state index contributed by atoms with van der Waals surface area (Å²) in [6, 6.07) is 6.06. The number of likely N-dealkylation sites (tertiary alicyclic amines) is 1. The van der Waals surface area contributed by atoms with Gasteiger partial charge in [0.05, 0.1) is 18.3 Å². The van der Waals surface area contributed by atoms with Crippen molar-refractivity contribution in [3.05, 3.63) is 36.0 Å². The van der Waals surface area contributed by atoms with E-state index in [1.807, 2.05) is 0 Å². The van der Waals surface area contributed by atoms with Crippen LogP contribution in [0.5, 0.6) is 5.75 Å². The Morgan fingerprint density at radius 2 is 2.03 bits per heavy atom. The molecule has 2 aromatic rings. The minimum atomic E-state index is -0.638. The Bertz CT molecular complexity index is 870. The Balaban J connectivity index is 1.45. The molecule has 3 rings (SSSR count). The van der Waals surface area contributed by atoms with Crippen molar-refractivity contribution in [2.24, 2.45) is 5.92 Å². The van der Waals surface area contributed by atoms with Crippen LogP contribution < -0.4 is 4.74 Å². The average molecular weight is 437 g/mol. The van der Waals surface area contributed by atoms with Crippen LogP contribution in [0.1, 0.15) is 38.7 Å². The van der Waals surface area contributed by atoms with Gasteiger partial charge < -0.3 is 18.8 Å². The summed E-state index contributed by atoms with van der Waals surface area (Å²) in [4.78, 5) is 25.9. The second-order valence-electron chi connectivity index (χ2n) is 6.79. The number of piperidine rings is 1. The highest BCUT2D eigenvalue weighted by molar-refractivity contribution is 7.99. The number of halogens is 1. The zero-order valence-corrected chi connectivity index (χ0v) is 17.7. The molecule has 1 aliphatic rings. The van der Waals surface area contributed by atoms with E-state index in [9.17, 15) is 14.0 Å². The van der Waals surface area contributed by atoms with Crippen molar-refractivity contribution >= 4 is 23.6 Å². The van der Waals surface area contributed by atoms with Gasteiger partial charge >= 0.3 is 5.97 Å². The Hall–Kier alpha value is -2.62. The normalized spacial score (nSPS) is 15.6. The number of aromatic nitrogens is 2. The summed E-state index contributed by atoms with van der Waals surface area (Å²) in [6.45, 7) is 4.86. The molecule has 10 heteroatoms. The monoisotopic (exact) mass is 437 g/mol. The number of esters is 1. The van der Waals surface area contributed by atoms with Crippen LogP contribution in [0.25, 0.3) is 0 Å². The second kappa shape index (κ2) is 10.4. The van der Waals surface area contributed by atoms with Gasteiger partial charge in [-0.3, -0.25) is 9.59 Å². The summed E-state index contributed by atoms with van der Waals surface area (Å²) < 4.78 is 29.8. The van der Waals surface area contributed by atoms with E-state index < -0.39 is 11.9 Å². The third kappa shape index (κ3) is 5.71. The van der Waals surface area contributed by atoms with Gasteiger partial charge in [-0.05, 0) is 38.8 Å². The van der Waals surface area contributed by atoms with Crippen LogP contribution >= 0.6 is 11.8 Å². The van der Waals surface area contributed by atoms with Gasteiger partial charge in [0.2, 0.25) is 5.91 Å². The lowest BCUT2D eigenvalue weighted by atomic mass is 9.97. The largest absolute Gasteiger partial charge is 0.478 e. The smallest absolute Gasteiger partial charge is 0.309 e. The summed E-state index contributed by atoms with van der Waals surface area (Å²) in [7, 11) is 0. The quantitative estimate of drug-likeness (QED) is 0.459. The molecule has 0 aliphatic carbocycles. The maximum atomic E-state index is 13.7. The predicted octanol–water partition coefficient (Wildman–Crippen LogP) is 3.24. The Kier molecular flexibility index (Phi) is 7.67. The number of para-hydroxylation sites is 1. The number of carbonyl (C=O) groups excluding carboxylic acids is 2. The molecule has 1 aliphatic heterocycles. The first-order chi connectivity index (χ1) is 14.5. The molecule has 1 aromatic carbocycles. The Labute approximate surface area is 178 Å². The third-order valence-electron chi connectivity index (χ3n) is 4.70. The number of ether oxygens (including phenoxy) is 2. The zero-order chi connectivity index (χ0) is 21.5. The number of thioether (sulfide) groups is 1. The fraction of sp³-hybridized carbons (Fsp3) is 0.500. The van der Waals surface area contributed by atoms with Gasteiger partial charge in [0.15, 0.2) is 17.7 Å². The molecule has 0 radical (unpaired) electrons. The van der Waals surface area contributed by atoms with Gasteiger partial charge in [0.25, 0.3) is 11.1 Å². The number of rotatable bonds is 8. The summed E-state index contributed by atoms with van der Waals surface area (Å²) in [5, 5.41) is 8.07. The highest BCUT2D eigenvalue weighted by Crippen LogP contribution is 2.26. The Morgan fingerprint density at radius 3 is 2.73 bits per heavy atom. The molecule has 0 N–H and O–H groups in total. The molecular weight excluding hydrogens is 413 g/mol. The molecule has 0 saturated carbocycles. The summed E-state index contributed by atoms with van der Waals surface area (Å²) in [5.74, 6) is -0.426. The lowest BCUT2D eigenvalue weighted by Gasteiger charge is -2.30. The molecule has 1 fully saturated rings. The molecule has 1 unspecified atom stereocenters. The van der Waals surface area contributed by atoms with Crippen molar-refractivity contribution in [1.82, 2.24) is 15.1 Å². The first-order valence-corrected chi connectivity index (χ1v) is 10.8. The lowest BCUT2D eigenvalue weighted by molar-refractivity contribution is -0.151. The molecule has 8 nitrogen and oxygen atoms in total. The minimum Gasteiger partial charge on any atom is -0.478 e. The van der Waals surface area contributed by atoms with Gasteiger partial charge in [-0.2, -0.15) is 0 Å². The first-order valence-electron chi connectivity index (χ1n) is 9.79. The summed E-state index contributed by atoms with van der Waals surface area (Å²) in [5.41, 5.74) is 0. The molecular formula is C20H24FN3O5S. The van der Waals surface area contributed by atoms with Crippen molar-refractivity contribution in [3.63, 3.8) is 0 Å². The molecule has 2 heterocycles. The van der Waals surface area contributed by atoms with Crippen molar-refractivity contribution < 1.29 is 27.9 Å². The molecule has 1 amide bonds. The van der Waals surface area contributed by atoms with Crippen LogP contribution in [0, 0.1) is 11.7 Å². The van der Waals surface area contributed by atoms with Gasteiger partial charge in [0.1, 0.15) is 0 Å². The fourth-order valence-electron chi connectivity index (χ4n) is 3.06. The van der Waals surface area contributed by atoms with Gasteiger partial charge in [-0.25, -0.2) is 4.39 Å². The fourth-order valence-corrected chi connectivity index (χ4v) is 3.74. The zero-order valence-electron chi connectivity index (χ0n) is 16.9. The van der Waals surface area contributed by atoms with E-state index >= 15 is 0 Å². The van der Waals surface area contributed by atoms with E-state index in [1.54, 1.807) is 30.9 Å². The van der Waals surface area contributed by atoms with Crippen molar-refractivity contribution in [2.45, 2.75) is 38.0 Å². The van der Waals surface area contributed by atoms with Crippen LogP contribution in [0.2, 0.25) is 0 Å². The molecule has 30 heavy (non-hydrogen) atoms. The maximum absolute atomic E-state index is 13.7. The highest BCUT2D eigenvalue weighted by Gasteiger charge is 2.28. The number of nitrogens with zero attached hydrogens (tertiary/aromatic N) is 3. The second-order valence-corrected chi connectivity index (χ2v) is 7.72. The standard InChI is InChI=1S/C20H24FN3O5S/c1-3-27-19(26)14-8-10-24(11-9-14)17(25)12-30-20-23-22-18(29-20)13(2)28-16-7-5-4-6-15(16)21/h4-7,13-14H,3,8-12H2,1-2H3. The molecule has 1 aromatic heterocycles. The minimum absolute atomic E-state index is 0.0577. The number of benzene rings is 1. The summed E-state index contributed by atoms with van der Waals surface area (Å²) >= 11 is 1.13. The molecule has 1 atom stereocenters. The van der Waals surface area contributed by atoms with Crippen molar-refractivity contribution in [1.29, 1.82) is 0 Å². The van der Waals surface area contributed by atoms with E-state index in [0.29, 0.717) is 32.5 Å². The van der Waals surface area contributed by atoms with Crippen LogP contribution in [0.15, 0.2) is 33.9 Å². The van der Waals surface area contributed by atoms with Crippen LogP contribution in [0.3, 0.4) is 0 Å². The van der Waals surface area contributed by atoms with Crippen LogP contribution in [-0.4, -0.2) is 52.4 Å². The number of hydrogen-bond donors (Lipinski definition) is 0. The number of hydrogen-bond acceptors (Lipinski definition) is 8. The molecule has 0 spiro atoms. The Morgan fingerprint density at radius 1 is 1.30 bits per heavy atom. The average Bonchev–Trinajstić information content (AvgIpc) is 3.23. The SMILES string of the molecule is CCOC(=O)C1CCN(C(=O)CSc2nnc(C(C)Oc3ccccc3F)o2)CC1. The summed E-state index contributed by atoms with van der Waals surface area (Å²) in [6.07, 6.45) is 0.566. The topological polar surface area (TPSA) is 94.8 Å². The van der Waals surface area contributed by atoms with Gasteiger partial charge in [-0.1, -0.05) is 23.9 Å². The number of amides is 1. The van der Waals surface area contributed by atoms with Crippen LogP contribution in [0.4, 0.5) is 4.39 Å². The molecule has 0 bridgehead atoms. The number of carbonyl (C=O) groups is 2. The van der Waals surface area contributed by atoms with E-state index in [2.05, 4.69) is 10.2 Å². The van der Waals surface area contributed by atoms with Gasteiger partial charge in [-0.15, -0.1) is 10.2 Å². The third-order valence-corrected chi connectivity index (χ3v) is 5.50. The highest BCUT2D eigenvalue weighted by atomic mass is 32.2. The lowest BCUT2D eigenvalue weighted by Crippen LogP contribution is -2.41. The van der Waals surface area contributed by atoms with E-state index in [-0.39, 0.29) is 40.4 Å². The van der Waals surface area contributed by atoms with E-state index in [1.165, 1.54) is 12.1 Å². The van der Waals surface area contributed by atoms with Crippen molar-refractivity contribution in [3.8, 4) is 5.75 Å². The van der Waals surface area contributed by atoms with Crippen LogP contribution in [-0.2, 0) is 14.3 Å². The first kappa shape index (κ1) is 22.1. The predicted molar refractivity (Wildman–Crippen MR) is 106 cm³/mol. The van der Waals surface area contributed by atoms with Crippen molar-refractivity contribution in [2.75, 3.05) is 25.4 Å². The molecule has 1 saturated heterocycles.